The molecule has 4 aliphatic carbocycles. The Hall–Kier alpha value is -1.59. The van der Waals surface area contributed by atoms with Crippen LogP contribution >= 0.6 is 0 Å². The molecule has 6 heteroatoms. The lowest BCUT2D eigenvalue weighted by atomic mass is 9.38. The molecule has 21 heavy (non-hydrogen) atoms. The number of carbonyl (C=O) groups is 3. The SMILES string of the molecule is O=C(O)CC12CC3CC(CC(=O)O)(C1)CC(C(=O)O)(C3)C2. The highest BCUT2D eigenvalue weighted by molar-refractivity contribution is 5.77. The van der Waals surface area contributed by atoms with Crippen molar-refractivity contribution in [2.24, 2.45) is 22.2 Å². The van der Waals surface area contributed by atoms with E-state index in [0.29, 0.717) is 25.7 Å². The number of aliphatic carboxylic acids is 3. The number of carboxylic acid groups (broad SMARTS) is 3. The largest absolute Gasteiger partial charge is 0.481 e. The third-order valence-corrected chi connectivity index (χ3v) is 5.81. The van der Waals surface area contributed by atoms with E-state index in [9.17, 15) is 29.7 Å². The van der Waals surface area contributed by atoms with E-state index in [0.717, 1.165) is 12.8 Å². The van der Waals surface area contributed by atoms with Gasteiger partial charge in [0.15, 0.2) is 0 Å². The normalized spacial score (nSPS) is 43.7. The van der Waals surface area contributed by atoms with Gasteiger partial charge in [0.1, 0.15) is 0 Å². The van der Waals surface area contributed by atoms with Gasteiger partial charge in [-0.3, -0.25) is 14.4 Å². The van der Waals surface area contributed by atoms with Gasteiger partial charge in [-0.25, -0.2) is 0 Å². The Kier molecular flexibility index (Phi) is 2.88. The van der Waals surface area contributed by atoms with Gasteiger partial charge in [-0.15, -0.1) is 0 Å². The summed E-state index contributed by atoms with van der Waals surface area (Å²) in [5, 5.41) is 28.1. The molecule has 3 N–H and O–H groups in total. The summed E-state index contributed by atoms with van der Waals surface area (Å²) in [7, 11) is 0. The minimum atomic E-state index is -0.914. The van der Waals surface area contributed by atoms with Gasteiger partial charge in [-0.05, 0) is 55.3 Å². The van der Waals surface area contributed by atoms with Crippen molar-refractivity contribution in [3.8, 4) is 0 Å². The van der Waals surface area contributed by atoms with Crippen LogP contribution in [0.4, 0.5) is 0 Å². The van der Waals surface area contributed by atoms with Crippen LogP contribution in [-0.4, -0.2) is 33.2 Å². The Balaban J connectivity index is 2.01. The molecule has 4 aliphatic rings. The molecule has 116 valence electrons. The predicted octanol–water partition coefficient (Wildman–Crippen LogP) is 1.98. The average molecular weight is 296 g/mol. The Morgan fingerprint density at radius 1 is 0.810 bits per heavy atom. The molecule has 4 rings (SSSR count). The van der Waals surface area contributed by atoms with Crippen molar-refractivity contribution in [3.05, 3.63) is 0 Å². The molecule has 0 aromatic heterocycles. The molecule has 0 saturated heterocycles. The average Bonchev–Trinajstić information content (AvgIpc) is 2.22. The summed E-state index contributed by atoms with van der Waals surface area (Å²) < 4.78 is 0. The summed E-state index contributed by atoms with van der Waals surface area (Å²) in [4.78, 5) is 34.3. The number of hydrogen-bond donors (Lipinski definition) is 3. The quantitative estimate of drug-likeness (QED) is 0.715. The number of hydrogen-bond acceptors (Lipinski definition) is 3. The minimum absolute atomic E-state index is 0.0418. The first-order valence-corrected chi connectivity index (χ1v) is 7.35. The molecule has 4 saturated carbocycles. The van der Waals surface area contributed by atoms with Gasteiger partial charge in [0.25, 0.3) is 0 Å². The highest BCUT2D eigenvalue weighted by atomic mass is 16.4. The number of rotatable bonds is 5. The Morgan fingerprint density at radius 2 is 1.29 bits per heavy atom. The molecule has 0 spiro atoms. The molecule has 2 atom stereocenters. The third kappa shape index (κ3) is 2.21. The van der Waals surface area contributed by atoms with Crippen molar-refractivity contribution >= 4 is 17.9 Å². The lowest BCUT2D eigenvalue weighted by Gasteiger charge is -2.65. The summed E-state index contributed by atoms with van der Waals surface area (Å²) in [6.07, 6.45) is 3.28. The molecule has 0 aromatic rings. The van der Waals surface area contributed by atoms with Crippen molar-refractivity contribution in [2.45, 2.75) is 51.4 Å². The van der Waals surface area contributed by atoms with E-state index in [1.54, 1.807) is 0 Å². The molecule has 0 aliphatic heterocycles. The fourth-order valence-corrected chi connectivity index (χ4v) is 6.12. The molecule has 0 radical (unpaired) electrons. The fraction of sp³-hybridized carbons (Fsp3) is 0.800. The van der Waals surface area contributed by atoms with Crippen LogP contribution in [0, 0.1) is 22.2 Å². The lowest BCUT2D eigenvalue weighted by Crippen LogP contribution is -2.60. The van der Waals surface area contributed by atoms with Crippen LogP contribution in [0.5, 0.6) is 0 Å². The molecule has 0 aromatic carbocycles. The molecule has 2 unspecified atom stereocenters. The highest BCUT2D eigenvalue weighted by Gasteiger charge is 2.66. The van der Waals surface area contributed by atoms with Gasteiger partial charge in [-0.2, -0.15) is 0 Å². The molecule has 4 bridgehead atoms. The van der Waals surface area contributed by atoms with Crippen LogP contribution in [0.2, 0.25) is 0 Å². The minimum Gasteiger partial charge on any atom is -0.481 e. The third-order valence-electron chi connectivity index (χ3n) is 5.81. The molecule has 4 fully saturated rings. The van der Waals surface area contributed by atoms with Crippen molar-refractivity contribution in [3.63, 3.8) is 0 Å². The topological polar surface area (TPSA) is 112 Å². The van der Waals surface area contributed by atoms with E-state index in [4.69, 9.17) is 0 Å². The second-order valence-corrected chi connectivity index (χ2v) is 7.74. The first kappa shape index (κ1) is 14.4. The van der Waals surface area contributed by atoms with Crippen LogP contribution in [0.25, 0.3) is 0 Å². The predicted molar refractivity (Wildman–Crippen MR) is 70.6 cm³/mol. The first-order chi connectivity index (χ1) is 9.68. The van der Waals surface area contributed by atoms with Gasteiger partial charge in [0, 0.05) is 0 Å². The number of carboxylic acids is 3. The summed E-state index contributed by atoms with van der Waals surface area (Å²) in [5.74, 6) is -2.56. The smallest absolute Gasteiger partial charge is 0.309 e. The van der Waals surface area contributed by atoms with Crippen LogP contribution in [0.15, 0.2) is 0 Å². The van der Waals surface area contributed by atoms with Gasteiger partial charge in [0.2, 0.25) is 0 Å². The van der Waals surface area contributed by atoms with E-state index in [1.807, 2.05) is 0 Å². The summed E-state index contributed by atoms with van der Waals surface area (Å²) in [6, 6.07) is 0. The van der Waals surface area contributed by atoms with Crippen LogP contribution in [0.3, 0.4) is 0 Å². The molecular formula is C15H20O6. The van der Waals surface area contributed by atoms with Crippen molar-refractivity contribution < 1.29 is 29.7 Å². The summed E-state index contributed by atoms with van der Waals surface area (Å²) in [6.45, 7) is 0. The van der Waals surface area contributed by atoms with E-state index in [1.165, 1.54) is 0 Å². The Labute approximate surface area is 122 Å². The maximum absolute atomic E-state index is 11.8. The van der Waals surface area contributed by atoms with Crippen LogP contribution < -0.4 is 0 Å². The summed E-state index contributed by atoms with van der Waals surface area (Å²) >= 11 is 0. The maximum Gasteiger partial charge on any atom is 0.309 e. The molecular weight excluding hydrogens is 276 g/mol. The van der Waals surface area contributed by atoms with Gasteiger partial charge in [-0.1, -0.05) is 0 Å². The van der Waals surface area contributed by atoms with Crippen molar-refractivity contribution in [1.29, 1.82) is 0 Å². The van der Waals surface area contributed by atoms with E-state index < -0.39 is 34.2 Å². The zero-order valence-corrected chi connectivity index (χ0v) is 11.8. The zero-order chi connectivity index (χ0) is 15.5. The summed E-state index contributed by atoms with van der Waals surface area (Å²) in [5.41, 5.74) is -1.97. The molecule has 0 amide bonds. The zero-order valence-electron chi connectivity index (χ0n) is 11.8. The Bertz CT molecular complexity index is 492. The standard InChI is InChI=1S/C15H20O6/c16-10(17)4-13-1-9-2-14(6-13,5-11(18)19)8-15(3-9,7-13)12(20)21/h9H,1-8H2,(H,16,17)(H,18,19)(H,20,21). The van der Waals surface area contributed by atoms with E-state index in [-0.39, 0.29) is 18.8 Å². The molecule has 0 heterocycles. The fourth-order valence-electron chi connectivity index (χ4n) is 6.12. The van der Waals surface area contributed by atoms with Crippen molar-refractivity contribution in [2.75, 3.05) is 0 Å². The first-order valence-electron chi connectivity index (χ1n) is 7.35. The van der Waals surface area contributed by atoms with E-state index in [2.05, 4.69) is 0 Å². The van der Waals surface area contributed by atoms with Gasteiger partial charge < -0.3 is 15.3 Å². The second kappa shape index (κ2) is 4.21. The lowest BCUT2D eigenvalue weighted by molar-refractivity contribution is -0.198. The highest BCUT2D eigenvalue weighted by Crippen LogP contribution is 2.71. The van der Waals surface area contributed by atoms with Gasteiger partial charge in [0.05, 0.1) is 18.3 Å². The maximum atomic E-state index is 11.8. The monoisotopic (exact) mass is 296 g/mol. The van der Waals surface area contributed by atoms with Crippen molar-refractivity contribution in [1.82, 2.24) is 0 Å². The van der Waals surface area contributed by atoms with Gasteiger partial charge >= 0.3 is 17.9 Å². The van der Waals surface area contributed by atoms with Crippen LogP contribution in [-0.2, 0) is 14.4 Å². The van der Waals surface area contributed by atoms with Crippen LogP contribution in [0.1, 0.15) is 51.4 Å². The second-order valence-electron chi connectivity index (χ2n) is 7.74. The van der Waals surface area contributed by atoms with E-state index >= 15 is 0 Å². The Morgan fingerprint density at radius 3 is 1.67 bits per heavy atom. The molecule has 6 nitrogen and oxygen atoms in total.